The van der Waals surface area contributed by atoms with Crippen LogP contribution in [0, 0.1) is 5.82 Å². The number of aromatic amines is 1. The third kappa shape index (κ3) is 1.21. The quantitative estimate of drug-likeness (QED) is 0.618. The molecule has 0 unspecified atom stereocenters. The highest BCUT2D eigenvalue weighted by Crippen LogP contribution is 2.26. The number of hydrogen-bond donors (Lipinski definition) is 1. The molecular weight excluding hydrogens is 205 g/mol. The smallest absolute Gasteiger partial charge is 0.150 e. The van der Waals surface area contributed by atoms with Gasteiger partial charge >= 0.3 is 0 Å². The van der Waals surface area contributed by atoms with Crippen molar-refractivity contribution in [3.8, 4) is 0 Å². The van der Waals surface area contributed by atoms with Crippen molar-refractivity contribution in [2.45, 2.75) is 0 Å². The summed E-state index contributed by atoms with van der Waals surface area (Å²) in [4.78, 5) is 13.9. The first-order valence-electron chi connectivity index (χ1n) is 4.94. The van der Waals surface area contributed by atoms with E-state index in [4.69, 9.17) is 0 Å². The summed E-state index contributed by atoms with van der Waals surface area (Å²) in [6.45, 7) is 0. The molecule has 0 saturated carbocycles. The zero-order valence-electron chi connectivity index (χ0n) is 8.33. The minimum absolute atomic E-state index is 0.273. The van der Waals surface area contributed by atoms with E-state index in [9.17, 15) is 9.18 Å². The minimum Gasteiger partial charge on any atom is -0.355 e. The molecule has 0 fully saturated rings. The number of aromatic nitrogens is 1. The molecule has 1 N–H and O–H groups in total. The number of carbonyl (C=O) groups is 1. The highest BCUT2D eigenvalue weighted by Gasteiger charge is 2.05. The molecule has 1 aromatic heterocycles. The van der Waals surface area contributed by atoms with Crippen LogP contribution in [0.2, 0.25) is 0 Å². The SMILES string of the molecule is O=Cc1ccc2[nH]c3ccc(F)cc3c2c1. The number of halogens is 1. The highest BCUT2D eigenvalue weighted by molar-refractivity contribution is 6.08. The monoisotopic (exact) mass is 213 g/mol. The molecule has 3 rings (SSSR count). The second-order valence-corrected chi connectivity index (χ2v) is 3.74. The summed E-state index contributed by atoms with van der Waals surface area (Å²) < 4.78 is 13.1. The van der Waals surface area contributed by atoms with Crippen LogP contribution in [0.25, 0.3) is 21.8 Å². The first kappa shape index (κ1) is 9.09. The lowest BCUT2D eigenvalue weighted by Gasteiger charge is -1.93. The molecule has 1 heterocycles. The van der Waals surface area contributed by atoms with Gasteiger partial charge in [0.2, 0.25) is 0 Å². The lowest BCUT2D eigenvalue weighted by atomic mass is 10.1. The fourth-order valence-corrected chi connectivity index (χ4v) is 1.96. The molecular formula is C13H8FNO. The number of fused-ring (bicyclic) bond motifs is 3. The molecule has 0 spiro atoms. The Bertz CT molecular complexity index is 700. The summed E-state index contributed by atoms with van der Waals surface area (Å²) in [5.74, 6) is -0.273. The van der Waals surface area contributed by atoms with Gasteiger partial charge in [0.1, 0.15) is 12.1 Å². The van der Waals surface area contributed by atoms with E-state index < -0.39 is 0 Å². The largest absolute Gasteiger partial charge is 0.355 e. The van der Waals surface area contributed by atoms with Crippen molar-refractivity contribution in [1.29, 1.82) is 0 Å². The van der Waals surface area contributed by atoms with Crippen LogP contribution in [0.4, 0.5) is 4.39 Å². The lowest BCUT2D eigenvalue weighted by Crippen LogP contribution is -1.77. The van der Waals surface area contributed by atoms with Gasteiger partial charge in [-0.3, -0.25) is 4.79 Å². The number of aldehydes is 1. The average Bonchev–Trinajstić information content (AvgIpc) is 2.66. The van der Waals surface area contributed by atoms with Gasteiger partial charge in [0.05, 0.1) is 0 Å². The summed E-state index contributed by atoms with van der Waals surface area (Å²) in [6.07, 6.45) is 0.789. The zero-order chi connectivity index (χ0) is 11.1. The molecule has 0 amide bonds. The first-order valence-corrected chi connectivity index (χ1v) is 4.94. The van der Waals surface area contributed by atoms with Crippen LogP contribution in [0.5, 0.6) is 0 Å². The van der Waals surface area contributed by atoms with Crippen molar-refractivity contribution in [3.63, 3.8) is 0 Å². The zero-order valence-corrected chi connectivity index (χ0v) is 8.33. The Labute approximate surface area is 90.7 Å². The molecule has 3 aromatic rings. The second kappa shape index (κ2) is 3.17. The predicted molar refractivity (Wildman–Crippen MR) is 61.2 cm³/mol. The molecule has 0 aliphatic heterocycles. The summed E-state index contributed by atoms with van der Waals surface area (Å²) in [5.41, 5.74) is 2.38. The Morgan fingerprint density at radius 3 is 2.44 bits per heavy atom. The van der Waals surface area contributed by atoms with Crippen LogP contribution in [-0.4, -0.2) is 11.3 Å². The molecule has 3 heteroatoms. The lowest BCUT2D eigenvalue weighted by molar-refractivity contribution is 0.112. The maximum Gasteiger partial charge on any atom is 0.150 e. The average molecular weight is 213 g/mol. The van der Waals surface area contributed by atoms with Gasteiger partial charge in [-0.05, 0) is 36.4 Å². The third-order valence-electron chi connectivity index (χ3n) is 2.72. The standard InChI is InChI=1S/C13H8FNO/c14-9-2-4-13-11(6-9)10-5-8(7-16)1-3-12(10)15-13/h1-7,15H. The maximum atomic E-state index is 13.1. The van der Waals surface area contributed by atoms with Crippen LogP contribution in [0.15, 0.2) is 36.4 Å². The van der Waals surface area contributed by atoms with E-state index in [1.165, 1.54) is 12.1 Å². The van der Waals surface area contributed by atoms with E-state index in [1.807, 2.05) is 6.07 Å². The number of benzene rings is 2. The second-order valence-electron chi connectivity index (χ2n) is 3.74. The molecule has 2 nitrogen and oxygen atoms in total. The Hall–Kier alpha value is -2.16. The van der Waals surface area contributed by atoms with Crippen molar-refractivity contribution < 1.29 is 9.18 Å². The van der Waals surface area contributed by atoms with Crippen LogP contribution < -0.4 is 0 Å². The van der Waals surface area contributed by atoms with Crippen LogP contribution in [0.1, 0.15) is 10.4 Å². The Morgan fingerprint density at radius 1 is 1.00 bits per heavy atom. The molecule has 16 heavy (non-hydrogen) atoms. The maximum absolute atomic E-state index is 13.1. The van der Waals surface area contributed by atoms with Gasteiger partial charge in [-0.25, -0.2) is 4.39 Å². The number of carbonyl (C=O) groups excluding carboxylic acids is 1. The van der Waals surface area contributed by atoms with Crippen molar-refractivity contribution >= 4 is 28.1 Å². The molecule has 0 bridgehead atoms. The number of hydrogen-bond acceptors (Lipinski definition) is 1. The summed E-state index contributed by atoms with van der Waals surface area (Å²) >= 11 is 0. The molecule has 0 aliphatic rings. The topological polar surface area (TPSA) is 32.9 Å². The van der Waals surface area contributed by atoms with Crippen LogP contribution >= 0.6 is 0 Å². The third-order valence-corrected chi connectivity index (χ3v) is 2.72. The molecule has 0 radical (unpaired) electrons. The number of H-pyrrole nitrogens is 1. The molecule has 2 aromatic carbocycles. The minimum atomic E-state index is -0.273. The van der Waals surface area contributed by atoms with Gasteiger partial charge < -0.3 is 4.98 Å². The van der Waals surface area contributed by atoms with E-state index in [2.05, 4.69) is 4.98 Å². The normalized spacial score (nSPS) is 11.1. The van der Waals surface area contributed by atoms with E-state index >= 15 is 0 Å². The van der Waals surface area contributed by atoms with Gasteiger partial charge in [0.25, 0.3) is 0 Å². The fraction of sp³-hybridized carbons (Fsp3) is 0. The van der Waals surface area contributed by atoms with Crippen molar-refractivity contribution in [1.82, 2.24) is 4.98 Å². The Kier molecular flexibility index (Phi) is 1.80. The fourth-order valence-electron chi connectivity index (χ4n) is 1.96. The van der Waals surface area contributed by atoms with Gasteiger partial charge in [-0.15, -0.1) is 0 Å². The Balaban J connectivity index is 2.49. The molecule has 0 atom stereocenters. The molecule has 78 valence electrons. The van der Waals surface area contributed by atoms with E-state index in [0.717, 1.165) is 28.1 Å². The number of nitrogens with one attached hydrogen (secondary N) is 1. The van der Waals surface area contributed by atoms with Gasteiger partial charge in [0, 0.05) is 27.4 Å². The van der Waals surface area contributed by atoms with Gasteiger partial charge in [-0.1, -0.05) is 0 Å². The Morgan fingerprint density at radius 2 is 1.69 bits per heavy atom. The predicted octanol–water partition coefficient (Wildman–Crippen LogP) is 3.27. The summed E-state index contributed by atoms with van der Waals surface area (Å²) in [5, 5.41) is 1.68. The van der Waals surface area contributed by atoms with Crippen LogP contribution in [0.3, 0.4) is 0 Å². The van der Waals surface area contributed by atoms with Gasteiger partial charge in [-0.2, -0.15) is 0 Å². The van der Waals surface area contributed by atoms with Crippen molar-refractivity contribution in [2.24, 2.45) is 0 Å². The summed E-state index contributed by atoms with van der Waals surface area (Å²) in [6, 6.07) is 9.92. The van der Waals surface area contributed by atoms with E-state index in [-0.39, 0.29) is 5.82 Å². The summed E-state index contributed by atoms with van der Waals surface area (Å²) in [7, 11) is 0. The van der Waals surface area contributed by atoms with E-state index in [1.54, 1.807) is 18.2 Å². The molecule has 0 saturated heterocycles. The first-order chi connectivity index (χ1) is 7.78. The van der Waals surface area contributed by atoms with Gasteiger partial charge in [0.15, 0.2) is 0 Å². The number of rotatable bonds is 1. The van der Waals surface area contributed by atoms with Crippen LogP contribution in [-0.2, 0) is 0 Å². The molecule has 0 aliphatic carbocycles. The van der Waals surface area contributed by atoms with E-state index in [0.29, 0.717) is 5.56 Å². The van der Waals surface area contributed by atoms with Crippen molar-refractivity contribution in [2.75, 3.05) is 0 Å². The van der Waals surface area contributed by atoms with Crippen molar-refractivity contribution in [3.05, 3.63) is 47.8 Å². The highest BCUT2D eigenvalue weighted by atomic mass is 19.1.